The van der Waals surface area contributed by atoms with Crippen LogP contribution in [0.2, 0.25) is 0 Å². The van der Waals surface area contributed by atoms with Crippen LogP contribution in [0.4, 0.5) is 0 Å². The Balaban J connectivity index is 1.83. The summed E-state index contributed by atoms with van der Waals surface area (Å²) >= 11 is 0. The van der Waals surface area contributed by atoms with E-state index < -0.39 is 0 Å². The molecule has 4 atom stereocenters. The molecule has 3 nitrogen and oxygen atoms in total. The van der Waals surface area contributed by atoms with Crippen molar-refractivity contribution >= 4 is 0 Å². The van der Waals surface area contributed by atoms with Gasteiger partial charge in [-0.1, -0.05) is 31.2 Å². The molecule has 0 amide bonds. The van der Waals surface area contributed by atoms with Crippen molar-refractivity contribution in [2.75, 3.05) is 27.2 Å². The summed E-state index contributed by atoms with van der Waals surface area (Å²) in [5.74, 6) is 0.617. The van der Waals surface area contributed by atoms with Crippen molar-refractivity contribution in [1.29, 1.82) is 0 Å². The van der Waals surface area contributed by atoms with Gasteiger partial charge in [0, 0.05) is 24.7 Å². The highest BCUT2D eigenvalue weighted by molar-refractivity contribution is 5.36. The van der Waals surface area contributed by atoms with Crippen molar-refractivity contribution in [2.45, 2.75) is 50.2 Å². The molecule has 116 valence electrons. The number of hydrogen-bond acceptors (Lipinski definition) is 3. The lowest BCUT2D eigenvalue weighted by Crippen LogP contribution is -2.50. The molecule has 3 rings (SSSR count). The molecule has 1 heterocycles. The third-order valence-corrected chi connectivity index (χ3v) is 5.32. The Bertz CT molecular complexity index is 485. The molecule has 4 unspecified atom stereocenters. The number of likely N-dealkylation sites (tertiary alicyclic amines) is 1. The van der Waals surface area contributed by atoms with Gasteiger partial charge in [0.2, 0.25) is 0 Å². The SMILES string of the molecule is CC1CC(N2CCCC2CN(C)C)C(N)c2ccccc21. The largest absolute Gasteiger partial charge is 0.323 e. The second kappa shape index (κ2) is 6.07. The molecule has 0 aromatic heterocycles. The minimum Gasteiger partial charge on any atom is -0.323 e. The standard InChI is InChI=1S/C18H29N3/c1-13-11-17(18(19)16-9-5-4-8-15(13)16)21-10-6-7-14(21)12-20(2)3/h4-5,8-9,13-14,17-18H,6-7,10-12,19H2,1-3H3. The van der Waals surface area contributed by atoms with E-state index in [0.717, 1.165) is 6.54 Å². The van der Waals surface area contributed by atoms with Crippen molar-refractivity contribution in [1.82, 2.24) is 9.80 Å². The lowest BCUT2D eigenvalue weighted by Gasteiger charge is -2.43. The van der Waals surface area contributed by atoms with Gasteiger partial charge in [0.15, 0.2) is 0 Å². The minimum atomic E-state index is 0.167. The summed E-state index contributed by atoms with van der Waals surface area (Å²) in [6.45, 7) is 4.72. The first-order valence-corrected chi connectivity index (χ1v) is 8.32. The molecule has 1 aliphatic heterocycles. The number of hydrogen-bond donors (Lipinski definition) is 1. The zero-order valence-corrected chi connectivity index (χ0v) is 13.6. The van der Waals surface area contributed by atoms with Crippen LogP contribution in [0, 0.1) is 0 Å². The van der Waals surface area contributed by atoms with Crippen molar-refractivity contribution in [3.05, 3.63) is 35.4 Å². The molecular weight excluding hydrogens is 258 g/mol. The fraction of sp³-hybridized carbons (Fsp3) is 0.667. The molecule has 0 saturated carbocycles. The Morgan fingerprint density at radius 3 is 2.67 bits per heavy atom. The first-order valence-electron chi connectivity index (χ1n) is 8.32. The highest BCUT2D eigenvalue weighted by atomic mass is 15.3. The highest BCUT2D eigenvalue weighted by Crippen LogP contribution is 2.40. The summed E-state index contributed by atoms with van der Waals surface area (Å²) in [6.07, 6.45) is 3.83. The topological polar surface area (TPSA) is 32.5 Å². The molecule has 3 heteroatoms. The van der Waals surface area contributed by atoms with Crippen LogP contribution < -0.4 is 5.73 Å². The highest BCUT2D eigenvalue weighted by Gasteiger charge is 2.39. The fourth-order valence-corrected chi connectivity index (χ4v) is 4.36. The third-order valence-electron chi connectivity index (χ3n) is 5.32. The summed E-state index contributed by atoms with van der Waals surface area (Å²) in [5.41, 5.74) is 9.50. The molecule has 1 saturated heterocycles. The minimum absolute atomic E-state index is 0.167. The number of likely N-dealkylation sites (N-methyl/N-ethyl adjacent to an activating group) is 1. The maximum Gasteiger partial charge on any atom is 0.0456 e. The molecule has 21 heavy (non-hydrogen) atoms. The van der Waals surface area contributed by atoms with Crippen LogP contribution in [0.1, 0.15) is 49.3 Å². The van der Waals surface area contributed by atoms with Crippen LogP contribution in [0.5, 0.6) is 0 Å². The number of nitrogens with zero attached hydrogens (tertiary/aromatic N) is 2. The van der Waals surface area contributed by atoms with E-state index in [1.54, 1.807) is 0 Å². The predicted octanol–water partition coefficient (Wildman–Crippen LogP) is 2.59. The van der Waals surface area contributed by atoms with E-state index in [0.29, 0.717) is 18.0 Å². The van der Waals surface area contributed by atoms with Crippen molar-refractivity contribution in [2.24, 2.45) is 5.73 Å². The molecule has 2 aliphatic rings. The fourth-order valence-electron chi connectivity index (χ4n) is 4.36. The maximum absolute atomic E-state index is 6.67. The Morgan fingerprint density at radius 1 is 1.24 bits per heavy atom. The Hall–Kier alpha value is -0.900. The second-order valence-corrected chi connectivity index (χ2v) is 7.15. The van der Waals surface area contributed by atoms with E-state index in [1.165, 1.54) is 36.9 Å². The normalized spacial score (nSPS) is 33.4. The first kappa shape index (κ1) is 15.0. The van der Waals surface area contributed by atoms with Gasteiger partial charge < -0.3 is 10.6 Å². The summed E-state index contributed by atoms with van der Waals surface area (Å²) in [7, 11) is 4.35. The molecule has 1 aromatic carbocycles. The average molecular weight is 287 g/mol. The number of nitrogens with two attached hydrogens (primary N) is 1. The van der Waals surface area contributed by atoms with Crippen LogP contribution in [-0.2, 0) is 0 Å². The summed E-state index contributed by atoms with van der Waals surface area (Å²) in [4.78, 5) is 5.02. The van der Waals surface area contributed by atoms with Gasteiger partial charge in [0.25, 0.3) is 0 Å². The molecule has 1 aliphatic carbocycles. The van der Waals surface area contributed by atoms with Gasteiger partial charge in [0.1, 0.15) is 0 Å². The second-order valence-electron chi connectivity index (χ2n) is 7.15. The monoisotopic (exact) mass is 287 g/mol. The maximum atomic E-state index is 6.67. The zero-order chi connectivity index (χ0) is 15.0. The van der Waals surface area contributed by atoms with E-state index in [9.17, 15) is 0 Å². The Labute approximate surface area is 129 Å². The van der Waals surface area contributed by atoms with Crippen LogP contribution in [0.25, 0.3) is 0 Å². The Morgan fingerprint density at radius 2 is 1.95 bits per heavy atom. The predicted molar refractivity (Wildman–Crippen MR) is 88.5 cm³/mol. The smallest absolute Gasteiger partial charge is 0.0456 e. The van der Waals surface area contributed by atoms with E-state index in [2.05, 4.69) is 55.1 Å². The molecule has 1 aromatic rings. The molecule has 2 N–H and O–H groups in total. The molecule has 0 spiro atoms. The summed E-state index contributed by atoms with van der Waals surface area (Å²) in [6, 6.07) is 10.1. The van der Waals surface area contributed by atoms with E-state index in [-0.39, 0.29) is 6.04 Å². The number of benzene rings is 1. The van der Waals surface area contributed by atoms with E-state index >= 15 is 0 Å². The van der Waals surface area contributed by atoms with Crippen molar-refractivity contribution in [3.63, 3.8) is 0 Å². The van der Waals surface area contributed by atoms with Gasteiger partial charge in [-0.25, -0.2) is 0 Å². The summed E-state index contributed by atoms with van der Waals surface area (Å²) in [5, 5.41) is 0. The van der Waals surface area contributed by atoms with E-state index in [4.69, 9.17) is 5.73 Å². The molecule has 0 radical (unpaired) electrons. The molecule has 1 fully saturated rings. The lowest BCUT2D eigenvalue weighted by molar-refractivity contribution is 0.116. The van der Waals surface area contributed by atoms with Crippen LogP contribution in [0.15, 0.2) is 24.3 Å². The van der Waals surface area contributed by atoms with Crippen molar-refractivity contribution < 1.29 is 0 Å². The molecular formula is C18H29N3. The van der Waals surface area contributed by atoms with Crippen LogP contribution >= 0.6 is 0 Å². The van der Waals surface area contributed by atoms with Crippen molar-refractivity contribution in [3.8, 4) is 0 Å². The van der Waals surface area contributed by atoms with E-state index in [1.807, 2.05) is 0 Å². The third kappa shape index (κ3) is 2.87. The quantitative estimate of drug-likeness (QED) is 0.927. The van der Waals surface area contributed by atoms with Gasteiger partial charge in [-0.15, -0.1) is 0 Å². The Kier molecular flexibility index (Phi) is 4.34. The van der Waals surface area contributed by atoms with Gasteiger partial charge >= 0.3 is 0 Å². The first-order chi connectivity index (χ1) is 10.1. The molecule has 0 bridgehead atoms. The number of rotatable bonds is 3. The van der Waals surface area contributed by atoms with Crippen LogP contribution in [0.3, 0.4) is 0 Å². The number of fused-ring (bicyclic) bond motifs is 1. The van der Waals surface area contributed by atoms with Gasteiger partial charge in [0.05, 0.1) is 0 Å². The van der Waals surface area contributed by atoms with Gasteiger partial charge in [-0.2, -0.15) is 0 Å². The van der Waals surface area contributed by atoms with Crippen LogP contribution in [-0.4, -0.2) is 49.1 Å². The zero-order valence-electron chi connectivity index (χ0n) is 13.6. The van der Waals surface area contributed by atoms with Gasteiger partial charge in [-0.05, 0) is 56.9 Å². The summed E-state index contributed by atoms with van der Waals surface area (Å²) < 4.78 is 0. The average Bonchev–Trinajstić information content (AvgIpc) is 2.90. The lowest BCUT2D eigenvalue weighted by atomic mass is 9.77. The van der Waals surface area contributed by atoms with Gasteiger partial charge in [-0.3, -0.25) is 4.90 Å².